The third-order valence-corrected chi connectivity index (χ3v) is 5.36. The first-order valence-electron chi connectivity index (χ1n) is 10.3. The van der Waals surface area contributed by atoms with Crippen molar-refractivity contribution in [3.8, 4) is 11.5 Å². The van der Waals surface area contributed by atoms with Gasteiger partial charge in [0.1, 0.15) is 17.3 Å². The zero-order valence-electron chi connectivity index (χ0n) is 17.6. The highest BCUT2D eigenvalue weighted by Crippen LogP contribution is 2.41. The van der Waals surface area contributed by atoms with E-state index in [0.29, 0.717) is 23.5 Å². The molecule has 1 aliphatic rings. The molecule has 0 aliphatic carbocycles. The highest BCUT2D eigenvalue weighted by Gasteiger charge is 2.46. The highest BCUT2D eigenvalue weighted by molar-refractivity contribution is 6.46. The number of Topliss-reactive ketones (excluding diaryl/α,β-unsaturated/α-hetero) is 1. The third kappa shape index (κ3) is 4.07. The van der Waals surface area contributed by atoms with Gasteiger partial charge in [-0.1, -0.05) is 42.5 Å². The summed E-state index contributed by atoms with van der Waals surface area (Å²) in [6.07, 6.45) is 0. The number of aliphatic hydroxyl groups is 1. The average molecular weight is 429 g/mol. The van der Waals surface area contributed by atoms with Crippen molar-refractivity contribution >= 4 is 17.4 Å². The van der Waals surface area contributed by atoms with Crippen molar-refractivity contribution in [1.29, 1.82) is 0 Å². The van der Waals surface area contributed by atoms with E-state index in [-0.39, 0.29) is 23.6 Å². The van der Waals surface area contributed by atoms with Crippen molar-refractivity contribution in [2.45, 2.75) is 19.5 Å². The molecule has 1 heterocycles. The van der Waals surface area contributed by atoms with Crippen LogP contribution in [0.4, 0.5) is 0 Å². The number of rotatable bonds is 6. The number of carbonyl (C=O) groups is 2. The molecule has 0 radical (unpaired) electrons. The van der Waals surface area contributed by atoms with Crippen LogP contribution in [0, 0.1) is 0 Å². The van der Waals surface area contributed by atoms with E-state index in [9.17, 15) is 19.8 Å². The molecular formula is C26H23NO5. The molecule has 1 aliphatic heterocycles. The van der Waals surface area contributed by atoms with Gasteiger partial charge in [0.05, 0.1) is 18.2 Å². The van der Waals surface area contributed by atoms with Crippen molar-refractivity contribution in [2.75, 3.05) is 6.61 Å². The highest BCUT2D eigenvalue weighted by atomic mass is 16.5. The van der Waals surface area contributed by atoms with Gasteiger partial charge in [0.2, 0.25) is 0 Å². The molecular weight excluding hydrogens is 406 g/mol. The summed E-state index contributed by atoms with van der Waals surface area (Å²) in [5.74, 6) is -1.09. The SMILES string of the molecule is CCOc1ccc(/C(O)=C2\C(=O)C(=O)N(Cc3ccccc3)C2c2cccc(O)c2)cc1. The fraction of sp³-hybridized carbons (Fsp3) is 0.154. The molecule has 6 nitrogen and oxygen atoms in total. The van der Waals surface area contributed by atoms with Crippen LogP contribution in [0.5, 0.6) is 11.5 Å². The molecule has 0 aromatic heterocycles. The van der Waals surface area contributed by atoms with Crippen molar-refractivity contribution in [3.63, 3.8) is 0 Å². The second-order valence-electron chi connectivity index (χ2n) is 7.46. The minimum absolute atomic E-state index is 0.00821. The van der Waals surface area contributed by atoms with Crippen LogP contribution in [-0.4, -0.2) is 33.4 Å². The number of likely N-dealkylation sites (tertiary alicyclic amines) is 1. The Balaban J connectivity index is 1.82. The molecule has 0 saturated carbocycles. The molecule has 162 valence electrons. The summed E-state index contributed by atoms with van der Waals surface area (Å²) in [6, 6.07) is 21.5. The number of benzene rings is 3. The second kappa shape index (κ2) is 8.98. The first kappa shape index (κ1) is 21.2. The van der Waals surface area contributed by atoms with E-state index >= 15 is 0 Å². The van der Waals surface area contributed by atoms with Gasteiger partial charge in [-0.05, 0) is 54.4 Å². The van der Waals surface area contributed by atoms with Gasteiger partial charge in [-0.25, -0.2) is 0 Å². The summed E-state index contributed by atoms with van der Waals surface area (Å²) >= 11 is 0. The Hall–Kier alpha value is -4.06. The molecule has 3 aromatic rings. The Morgan fingerprint density at radius 2 is 1.69 bits per heavy atom. The lowest BCUT2D eigenvalue weighted by atomic mass is 9.95. The molecule has 1 unspecified atom stereocenters. The Bertz CT molecular complexity index is 1170. The van der Waals surface area contributed by atoms with Gasteiger partial charge in [0.15, 0.2) is 0 Å². The van der Waals surface area contributed by atoms with Gasteiger partial charge < -0.3 is 19.8 Å². The molecule has 1 amide bonds. The first-order valence-corrected chi connectivity index (χ1v) is 10.3. The lowest BCUT2D eigenvalue weighted by Crippen LogP contribution is -2.29. The summed E-state index contributed by atoms with van der Waals surface area (Å²) in [4.78, 5) is 27.5. The summed E-state index contributed by atoms with van der Waals surface area (Å²) in [5.41, 5.74) is 1.77. The molecule has 0 spiro atoms. The van der Waals surface area contributed by atoms with Crippen LogP contribution in [0.2, 0.25) is 0 Å². The molecule has 1 saturated heterocycles. The molecule has 2 N–H and O–H groups in total. The van der Waals surface area contributed by atoms with E-state index in [1.54, 1.807) is 36.4 Å². The fourth-order valence-corrected chi connectivity index (χ4v) is 3.90. The van der Waals surface area contributed by atoms with Gasteiger partial charge in [-0.3, -0.25) is 9.59 Å². The lowest BCUT2D eigenvalue weighted by molar-refractivity contribution is -0.140. The number of aliphatic hydroxyl groups excluding tert-OH is 1. The Kier molecular flexibility index (Phi) is 5.94. The number of ketones is 1. The van der Waals surface area contributed by atoms with Crippen LogP contribution in [0.3, 0.4) is 0 Å². The van der Waals surface area contributed by atoms with E-state index < -0.39 is 17.7 Å². The quantitative estimate of drug-likeness (QED) is 0.344. The normalized spacial score (nSPS) is 17.5. The monoisotopic (exact) mass is 429 g/mol. The summed E-state index contributed by atoms with van der Waals surface area (Å²) in [6.45, 7) is 2.57. The van der Waals surface area contributed by atoms with Crippen LogP contribution in [0.1, 0.15) is 29.7 Å². The number of carbonyl (C=O) groups excluding carboxylic acids is 2. The predicted molar refractivity (Wildman–Crippen MR) is 120 cm³/mol. The lowest BCUT2D eigenvalue weighted by Gasteiger charge is -2.25. The van der Waals surface area contributed by atoms with Gasteiger partial charge in [-0.2, -0.15) is 0 Å². The molecule has 32 heavy (non-hydrogen) atoms. The van der Waals surface area contributed by atoms with Gasteiger partial charge in [0, 0.05) is 12.1 Å². The van der Waals surface area contributed by atoms with Crippen LogP contribution >= 0.6 is 0 Å². The Labute approximate surface area is 186 Å². The number of amides is 1. The van der Waals surface area contributed by atoms with Gasteiger partial charge in [0.25, 0.3) is 11.7 Å². The van der Waals surface area contributed by atoms with Crippen molar-refractivity contribution < 1.29 is 24.5 Å². The zero-order valence-corrected chi connectivity index (χ0v) is 17.6. The maximum atomic E-state index is 13.1. The topological polar surface area (TPSA) is 87.1 Å². The number of hydrogen-bond donors (Lipinski definition) is 2. The summed E-state index contributed by atoms with van der Waals surface area (Å²) in [5, 5.41) is 21.1. The van der Waals surface area contributed by atoms with Crippen molar-refractivity contribution in [1.82, 2.24) is 4.90 Å². The van der Waals surface area contributed by atoms with E-state index in [2.05, 4.69) is 0 Å². The maximum absolute atomic E-state index is 13.1. The number of ether oxygens (including phenoxy) is 1. The minimum Gasteiger partial charge on any atom is -0.508 e. The molecule has 6 heteroatoms. The smallest absolute Gasteiger partial charge is 0.295 e. The van der Waals surface area contributed by atoms with Crippen LogP contribution < -0.4 is 4.74 Å². The fourth-order valence-electron chi connectivity index (χ4n) is 3.90. The standard InChI is InChI=1S/C26H23NO5/c1-2-32-21-13-11-18(12-14-21)24(29)22-23(19-9-6-10-20(28)15-19)27(26(31)25(22)30)16-17-7-4-3-5-8-17/h3-15,23,28-29H,2,16H2,1H3/b24-22+. The van der Waals surface area contributed by atoms with Crippen molar-refractivity contribution in [3.05, 3.63) is 101 Å². The van der Waals surface area contributed by atoms with E-state index in [4.69, 9.17) is 4.74 Å². The third-order valence-electron chi connectivity index (χ3n) is 5.36. The Morgan fingerprint density at radius 1 is 0.969 bits per heavy atom. The largest absolute Gasteiger partial charge is 0.508 e. The number of hydrogen-bond acceptors (Lipinski definition) is 5. The molecule has 0 bridgehead atoms. The average Bonchev–Trinajstić information content (AvgIpc) is 3.05. The number of aromatic hydroxyl groups is 1. The molecule has 4 rings (SSSR count). The Morgan fingerprint density at radius 3 is 2.34 bits per heavy atom. The summed E-state index contributed by atoms with van der Waals surface area (Å²) < 4.78 is 5.44. The zero-order chi connectivity index (χ0) is 22.7. The van der Waals surface area contributed by atoms with Gasteiger partial charge in [-0.15, -0.1) is 0 Å². The van der Waals surface area contributed by atoms with E-state index in [0.717, 1.165) is 5.56 Å². The molecule has 3 aromatic carbocycles. The maximum Gasteiger partial charge on any atom is 0.295 e. The van der Waals surface area contributed by atoms with Crippen molar-refractivity contribution in [2.24, 2.45) is 0 Å². The van der Waals surface area contributed by atoms with E-state index in [1.807, 2.05) is 37.3 Å². The molecule has 1 fully saturated rings. The van der Waals surface area contributed by atoms with Gasteiger partial charge >= 0.3 is 0 Å². The number of phenolic OH excluding ortho intramolecular Hbond substituents is 1. The number of phenols is 1. The number of nitrogens with zero attached hydrogens (tertiary/aromatic N) is 1. The second-order valence-corrected chi connectivity index (χ2v) is 7.46. The summed E-state index contributed by atoms with van der Waals surface area (Å²) in [7, 11) is 0. The predicted octanol–water partition coefficient (Wildman–Crippen LogP) is 4.41. The first-order chi connectivity index (χ1) is 15.5. The van der Waals surface area contributed by atoms with Crippen LogP contribution in [0.25, 0.3) is 5.76 Å². The van der Waals surface area contributed by atoms with Crippen LogP contribution in [-0.2, 0) is 16.1 Å². The van der Waals surface area contributed by atoms with E-state index in [1.165, 1.54) is 17.0 Å². The minimum atomic E-state index is -0.839. The van der Waals surface area contributed by atoms with Crippen LogP contribution in [0.15, 0.2) is 84.4 Å². The molecule has 1 atom stereocenters.